The van der Waals surface area contributed by atoms with E-state index in [4.69, 9.17) is 4.74 Å². The van der Waals surface area contributed by atoms with Crippen molar-refractivity contribution in [3.63, 3.8) is 0 Å². The van der Waals surface area contributed by atoms with Crippen LogP contribution >= 0.6 is 0 Å². The molecular formula is C16H24NO2+. The first kappa shape index (κ1) is 14.1. The van der Waals surface area contributed by atoms with Crippen LogP contribution < -0.4 is 0 Å². The van der Waals surface area contributed by atoms with Gasteiger partial charge in [-0.2, -0.15) is 0 Å². The molecule has 0 aromatic heterocycles. The summed E-state index contributed by atoms with van der Waals surface area (Å²) in [5, 5.41) is 0. The van der Waals surface area contributed by atoms with Crippen molar-refractivity contribution in [1.29, 1.82) is 0 Å². The first-order valence-corrected chi connectivity index (χ1v) is 7.16. The molecule has 2 aliphatic heterocycles. The molecule has 0 N–H and O–H groups in total. The lowest BCUT2D eigenvalue weighted by Crippen LogP contribution is -2.37. The summed E-state index contributed by atoms with van der Waals surface area (Å²) in [4.78, 5) is 14.4. The zero-order valence-corrected chi connectivity index (χ0v) is 12.6. The topological polar surface area (TPSA) is 29.5 Å². The van der Waals surface area contributed by atoms with Gasteiger partial charge in [-0.05, 0) is 24.7 Å². The van der Waals surface area contributed by atoms with Gasteiger partial charge in [0.05, 0.1) is 7.11 Å². The van der Waals surface area contributed by atoms with E-state index in [1.807, 2.05) is 11.0 Å². The van der Waals surface area contributed by atoms with Crippen molar-refractivity contribution >= 4 is 5.91 Å². The second-order valence-corrected chi connectivity index (χ2v) is 6.32. The van der Waals surface area contributed by atoms with E-state index in [0.29, 0.717) is 11.8 Å². The minimum atomic E-state index is -0.0701. The predicted octanol–water partition coefficient (Wildman–Crippen LogP) is 3.14. The van der Waals surface area contributed by atoms with Crippen LogP contribution in [0.1, 0.15) is 40.5 Å². The highest BCUT2D eigenvalue weighted by atomic mass is 16.5. The highest BCUT2D eigenvalue weighted by Gasteiger charge is 2.50. The molecule has 0 aromatic rings. The van der Waals surface area contributed by atoms with Crippen molar-refractivity contribution in [2.45, 2.75) is 46.6 Å². The number of carbonyl (C=O) groups excluding carboxylic acids is 1. The Balaban J connectivity index is 2.21. The predicted molar refractivity (Wildman–Crippen MR) is 74.9 cm³/mol. The zero-order chi connectivity index (χ0) is 14.2. The fourth-order valence-electron chi connectivity index (χ4n) is 2.88. The maximum atomic E-state index is 12.5. The highest BCUT2D eigenvalue weighted by Crippen LogP contribution is 2.38. The summed E-state index contributed by atoms with van der Waals surface area (Å²) >= 11 is 0. The molecule has 1 amide bonds. The van der Waals surface area contributed by atoms with Crippen molar-refractivity contribution in [1.82, 2.24) is 4.90 Å². The first-order chi connectivity index (χ1) is 8.93. The van der Waals surface area contributed by atoms with Crippen LogP contribution in [0.25, 0.3) is 0 Å². The van der Waals surface area contributed by atoms with Gasteiger partial charge in [-0.3, -0.25) is 9.69 Å². The molecule has 0 fully saturated rings. The Morgan fingerprint density at radius 3 is 2.42 bits per heavy atom. The largest absolute Gasteiger partial charge is 0.481 e. The number of fused-ring (bicyclic) bond motifs is 1. The average Bonchev–Trinajstić information content (AvgIpc) is 2.77. The van der Waals surface area contributed by atoms with E-state index < -0.39 is 0 Å². The van der Waals surface area contributed by atoms with E-state index in [9.17, 15) is 4.79 Å². The summed E-state index contributed by atoms with van der Waals surface area (Å²) in [6.07, 6.45) is 7.13. The van der Waals surface area contributed by atoms with Crippen LogP contribution in [-0.4, -0.2) is 24.0 Å². The number of carbonyl (C=O) groups is 1. The molecule has 0 saturated carbocycles. The van der Waals surface area contributed by atoms with Crippen LogP contribution in [0, 0.1) is 23.8 Å². The third kappa shape index (κ3) is 2.66. The van der Waals surface area contributed by atoms with E-state index in [-0.39, 0.29) is 17.9 Å². The quantitative estimate of drug-likeness (QED) is 0.712. The molecule has 2 heterocycles. The van der Waals surface area contributed by atoms with Crippen molar-refractivity contribution in [2.24, 2.45) is 17.8 Å². The Morgan fingerprint density at radius 1 is 1.26 bits per heavy atom. The molecule has 2 rings (SSSR count). The lowest BCUT2D eigenvalue weighted by Gasteiger charge is -2.23. The smallest absolute Gasteiger partial charge is 0.270 e. The molecule has 3 heteroatoms. The van der Waals surface area contributed by atoms with Gasteiger partial charge in [0.1, 0.15) is 18.2 Å². The molecule has 0 aromatic carbocycles. The van der Waals surface area contributed by atoms with Gasteiger partial charge >= 0.3 is 0 Å². The lowest BCUT2D eigenvalue weighted by atomic mass is 9.96. The molecular weight excluding hydrogens is 238 g/mol. The van der Waals surface area contributed by atoms with Crippen LogP contribution in [-0.2, 0) is 9.53 Å². The molecule has 0 aliphatic carbocycles. The summed E-state index contributed by atoms with van der Waals surface area (Å²) in [7, 11) is 1.68. The number of rotatable bonds is 5. The first-order valence-electron chi connectivity index (χ1n) is 7.16. The van der Waals surface area contributed by atoms with Gasteiger partial charge in [-0.25, -0.2) is 0 Å². The standard InChI is InChI=1S/C16H24NO2/c1-10(2)6-12-8-13-9-15(19-5)14(7-11(3)4)17(13)16(12)18/h9-12,14H,6-7H2,1-5H3/q+1. The maximum absolute atomic E-state index is 12.5. The van der Waals surface area contributed by atoms with Crippen molar-refractivity contribution < 1.29 is 9.53 Å². The number of hydrogen-bond donors (Lipinski definition) is 0. The van der Waals surface area contributed by atoms with Gasteiger partial charge in [0, 0.05) is 0 Å². The van der Waals surface area contributed by atoms with Crippen LogP contribution in [0.3, 0.4) is 0 Å². The van der Waals surface area contributed by atoms with E-state index >= 15 is 0 Å². The normalized spacial score (nSPS) is 25.6. The van der Waals surface area contributed by atoms with Crippen LogP contribution in [0.15, 0.2) is 17.5 Å². The van der Waals surface area contributed by atoms with Gasteiger partial charge in [0.15, 0.2) is 5.92 Å². The average molecular weight is 262 g/mol. The van der Waals surface area contributed by atoms with Gasteiger partial charge in [0.25, 0.3) is 11.6 Å². The Bertz CT molecular complexity index is 420. The highest BCUT2D eigenvalue weighted by molar-refractivity contribution is 5.86. The van der Waals surface area contributed by atoms with Gasteiger partial charge in [0.2, 0.25) is 5.76 Å². The maximum Gasteiger partial charge on any atom is 0.270 e. The monoisotopic (exact) mass is 262 g/mol. The SMILES string of the molecule is COC1=CC2=[C+]C(CC(C)C)C(=O)N2C1CC(C)C. The molecule has 19 heavy (non-hydrogen) atoms. The van der Waals surface area contributed by atoms with Crippen molar-refractivity contribution in [3.05, 3.63) is 23.6 Å². The minimum Gasteiger partial charge on any atom is -0.481 e. The van der Waals surface area contributed by atoms with Crippen LogP contribution in [0.5, 0.6) is 0 Å². The third-order valence-electron chi connectivity index (χ3n) is 3.67. The number of ether oxygens (including phenoxy) is 1. The molecule has 0 saturated heterocycles. The molecule has 0 spiro atoms. The third-order valence-corrected chi connectivity index (χ3v) is 3.67. The lowest BCUT2D eigenvalue weighted by molar-refractivity contribution is -0.132. The molecule has 3 nitrogen and oxygen atoms in total. The Hall–Kier alpha value is -1.34. The number of allylic oxidation sites excluding steroid dienone is 1. The van der Waals surface area contributed by atoms with E-state index in [1.54, 1.807) is 7.11 Å². The molecule has 0 bridgehead atoms. The summed E-state index contributed by atoms with van der Waals surface area (Å²) in [6.45, 7) is 8.63. The Morgan fingerprint density at radius 2 is 1.89 bits per heavy atom. The van der Waals surface area contributed by atoms with Gasteiger partial charge < -0.3 is 4.74 Å². The van der Waals surface area contributed by atoms with E-state index in [0.717, 1.165) is 24.3 Å². The fourth-order valence-corrected chi connectivity index (χ4v) is 2.88. The van der Waals surface area contributed by atoms with Gasteiger partial charge in [-0.15, -0.1) is 0 Å². The molecule has 2 atom stereocenters. The van der Waals surface area contributed by atoms with E-state index in [2.05, 4.69) is 33.8 Å². The summed E-state index contributed by atoms with van der Waals surface area (Å²) in [5.41, 5.74) is 0.915. The fraction of sp³-hybridized carbons (Fsp3) is 0.688. The molecule has 2 aliphatic rings. The second-order valence-electron chi connectivity index (χ2n) is 6.32. The Labute approximate surface area is 116 Å². The Kier molecular flexibility index (Phi) is 3.96. The summed E-state index contributed by atoms with van der Waals surface area (Å²) in [5.74, 6) is 2.06. The molecule has 2 unspecified atom stereocenters. The number of methoxy groups -OCH3 is 1. The van der Waals surface area contributed by atoms with Crippen molar-refractivity contribution in [3.8, 4) is 0 Å². The summed E-state index contributed by atoms with van der Waals surface area (Å²) in [6, 6.07) is 0.0668. The molecule has 104 valence electrons. The van der Waals surface area contributed by atoms with Crippen molar-refractivity contribution in [2.75, 3.05) is 7.11 Å². The minimum absolute atomic E-state index is 0.0668. The zero-order valence-electron chi connectivity index (χ0n) is 12.6. The number of hydrogen-bond acceptors (Lipinski definition) is 2. The van der Waals surface area contributed by atoms with Crippen LogP contribution in [0.4, 0.5) is 0 Å². The van der Waals surface area contributed by atoms with Gasteiger partial charge in [-0.1, -0.05) is 27.7 Å². The summed E-state index contributed by atoms with van der Waals surface area (Å²) < 4.78 is 5.43. The number of nitrogens with zero attached hydrogens (tertiary/aromatic N) is 1. The van der Waals surface area contributed by atoms with Crippen LogP contribution in [0.2, 0.25) is 0 Å². The number of amides is 1. The van der Waals surface area contributed by atoms with E-state index in [1.165, 1.54) is 0 Å². The molecule has 0 radical (unpaired) electrons. The second kappa shape index (κ2) is 5.34.